The molecule has 0 atom stereocenters. The average molecular weight is 269 g/mol. The summed E-state index contributed by atoms with van der Waals surface area (Å²) in [4.78, 5) is 2.33. The maximum absolute atomic E-state index is 2.33. The highest BCUT2D eigenvalue weighted by molar-refractivity contribution is 5.77. The molecule has 0 radical (unpaired) electrons. The Kier molecular flexibility index (Phi) is 3.58. The first kappa shape index (κ1) is 14.9. The van der Waals surface area contributed by atoms with Crippen molar-refractivity contribution in [2.45, 2.75) is 55.4 Å². The molecule has 2 rings (SSSR count). The first-order chi connectivity index (χ1) is 9.20. The molecule has 0 amide bonds. The lowest BCUT2D eigenvalue weighted by atomic mass is 9.86. The molecule has 1 heteroatoms. The normalized spacial score (nSPS) is 14.8. The van der Waals surface area contributed by atoms with Crippen LogP contribution in [0.2, 0.25) is 0 Å². The van der Waals surface area contributed by atoms with Crippen LogP contribution in [0, 0.1) is 20.8 Å². The Morgan fingerprint density at radius 2 is 1.30 bits per heavy atom. The van der Waals surface area contributed by atoms with Crippen LogP contribution in [0.5, 0.6) is 0 Å². The van der Waals surface area contributed by atoms with Gasteiger partial charge in [-0.1, -0.05) is 5.57 Å². The molecule has 0 aliphatic carbocycles. The molecule has 0 fully saturated rings. The summed E-state index contributed by atoms with van der Waals surface area (Å²) in [6.07, 6.45) is 0. The standard InChI is InChI=1S/C19H27N/c1-10(2)17-12(4)11(3)13(5)18-14(6)15(7)20(9)16(8)19(17)18/h1-9H3. The van der Waals surface area contributed by atoms with E-state index in [4.69, 9.17) is 0 Å². The van der Waals surface area contributed by atoms with Crippen molar-refractivity contribution < 1.29 is 0 Å². The Balaban J connectivity index is 3.26. The summed E-state index contributed by atoms with van der Waals surface area (Å²) in [6.45, 7) is 18.0. The number of fused-ring (bicyclic) bond motifs is 1. The monoisotopic (exact) mass is 269 g/mol. The van der Waals surface area contributed by atoms with Crippen LogP contribution in [0.25, 0.3) is 16.8 Å². The Hall–Kier alpha value is -1.50. The molecule has 1 aliphatic rings. The lowest BCUT2D eigenvalue weighted by molar-refractivity contribution is 0.582. The number of hydrogen-bond donors (Lipinski definition) is 0. The van der Waals surface area contributed by atoms with Crippen LogP contribution in [0.4, 0.5) is 0 Å². The molecule has 0 N–H and O–H groups in total. The molecule has 0 bridgehead atoms. The molecule has 0 spiro atoms. The second kappa shape index (κ2) is 4.80. The van der Waals surface area contributed by atoms with Crippen molar-refractivity contribution in [2.75, 3.05) is 7.05 Å². The van der Waals surface area contributed by atoms with Gasteiger partial charge in [-0.3, -0.25) is 0 Å². The second-order valence-electron chi connectivity index (χ2n) is 6.35. The van der Waals surface area contributed by atoms with Crippen molar-refractivity contribution in [3.05, 3.63) is 38.4 Å². The van der Waals surface area contributed by atoms with E-state index in [1.807, 2.05) is 0 Å². The van der Waals surface area contributed by atoms with E-state index in [0.29, 0.717) is 0 Å². The van der Waals surface area contributed by atoms with Gasteiger partial charge in [-0.15, -0.1) is 0 Å². The minimum atomic E-state index is 1.36. The molecular formula is C19H27N. The van der Waals surface area contributed by atoms with E-state index >= 15 is 0 Å². The van der Waals surface area contributed by atoms with Crippen LogP contribution in [0.1, 0.15) is 56.9 Å². The average Bonchev–Trinajstić information content (AvgIpc) is 2.39. The number of hydrogen-bond acceptors (Lipinski definition) is 1. The number of rotatable bonds is 0. The number of benzene rings is 1. The molecule has 1 aromatic carbocycles. The van der Waals surface area contributed by atoms with Gasteiger partial charge in [-0.25, -0.2) is 0 Å². The largest absolute Gasteiger partial charge is 0.351 e. The highest BCUT2D eigenvalue weighted by atomic mass is 15.1. The maximum atomic E-state index is 2.33. The smallest absolute Gasteiger partial charge is 0.0227 e. The molecule has 1 heterocycles. The summed E-state index contributed by atoms with van der Waals surface area (Å²) < 4.78 is 0. The molecule has 108 valence electrons. The molecule has 0 saturated carbocycles. The van der Waals surface area contributed by atoms with Gasteiger partial charge in [0.15, 0.2) is 0 Å². The molecule has 20 heavy (non-hydrogen) atoms. The first-order valence-electron chi connectivity index (χ1n) is 7.39. The van der Waals surface area contributed by atoms with Gasteiger partial charge in [0.1, 0.15) is 0 Å². The number of nitrogens with zero attached hydrogens (tertiary/aromatic N) is 1. The molecule has 0 saturated heterocycles. The van der Waals surface area contributed by atoms with Crippen molar-refractivity contribution in [3.63, 3.8) is 0 Å². The molecule has 1 nitrogen and oxygen atoms in total. The van der Waals surface area contributed by atoms with Crippen molar-refractivity contribution in [1.29, 1.82) is 0 Å². The summed E-state index contributed by atoms with van der Waals surface area (Å²) in [7, 11) is 2.18. The lowest BCUT2D eigenvalue weighted by Gasteiger charge is -2.31. The summed E-state index contributed by atoms with van der Waals surface area (Å²) in [5.41, 5.74) is 11.3. The third-order valence-electron chi connectivity index (χ3n) is 5.16. The Bertz CT molecular complexity index is 741. The highest BCUT2D eigenvalue weighted by Gasteiger charge is 2.21. The molecular weight excluding hydrogens is 242 g/mol. The number of allylic oxidation sites excluding steroid dienone is 2. The Morgan fingerprint density at radius 3 is 1.80 bits per heavy atom. The van der Waals surface area contributed by atoms with Gasteiger partial charge in [-0.2, -0.15) is 0 Å². The second-order valence-corrected chi connectivity index (χ2v) is 6.35. The van der Waals surface area contributed by atoms with Gasteiger partial charge < -0.3 is 4.90 Å². The summed E-state index contributed by atoms with van der Waals surface area (Å²) >= 11 is 0. The van der Waals surface area contributed by atoms with E-state index in [1.54, 1.807) is 0 Å². The molecule has 0 unspecified atom stereocenters. The third kappa shape index (κ3) is 1.83. The van der Waals surface area contributed by atoms with Gasteiger partial charge in [0.05, 0.1) is 0 Å². The van der Waals surface area contributed by atoms with Gasteiger partial charge in [0, 0.05) is 23.7 Å². The van der Waals surface area contributed by atoms with Crippen molar-refractivity contribution in [3.8, 4) is 0 Å². The fourth-order valence-electron chi connectivity index (χ4n) is 3.46. The minimum absolute atomic E-state index is 1.36. The zero-order valence-corrected chi connectivity index (χ0v) is 14.4. The summed E-state index contributed by atoms with van der Waals surface area (Å²) in [5, 5.41) is 2.88. The van der Waals surface area contributed by atoms with Crippen molar-refractivity contribution in [2.24, 2.45) is 0 Å². The summed E-state index contributed by atoms with van der Waals surface area (Å²) in [6, 6.07) is 0. The fourth-order valence-corrected chi connectivity index (χ4v) is 3.46. The molecule has 0 aromatic heterocycles. The van der Waals surface area contributed by atoms with E-state index in [9.17, 15) is 0 Å². The van der Waals surface area contributed by atoms with Crippen LogP contribution >= 0.6 is 0 Å². The van der Waals surface area contributed by atoms with Crippen LogP contribution in [0.15, 0.2) is 5.70 Å². The zero-order chi connectivity index (χ0) is 15.4. The van der Waals surface area contributed by atoms with Crippen LogP contribution in [-0.4, -0.2) is 11.9 Å². The minimum Gasteiger partial charge on any atom is -0.351 e. The Labute approximate surface area is 123 Å². The van der Waals surface area contributed by atoms with Crippen LogP contribution < -0.4 is 10.4 Å². The lowest BCUT2D eigenvalue weighted by Crippen LogP contribution is -2.41. The zero-order valence-electron chi connectivity index (χ0n) is 14.4. The third-order valence-corrected chi connectivity index (χ3v) is 5.16. The van der Waals surface area contributed by atoms with Gasteiger partial charge in [0.25, 0.3) is 0 Å². The van der Waals surface area contributed by atoms with E-state index < -0.39 is 0 Å². The predicted octanol–water partition coefficient (Wildman–Crippen LogP) is 3.63. The predicted molar refractivity (Wildman–Crippen MR) is 89.8 cm³/mol. The summed E-state index contributed by atoms with van der Waals surface area (Å²) in [5.74, 6) is 0. The maximum Gasteiger partial charge on any atom is 0.0227 e. The van der Waals surface area contributed by atoms with Crippen molar-refractivity contribution >= 4 is 16.8 Å². The quantitative estimate of drug-likeness (QED) is 0.695. The van der Waals surface area contributed by atoms with Crippen molar-refractivity contribution in [1.82, 2.24) is 4.90 Å². The van der Waals surface area contributed by atoms with Crippen LogP contribution in [-0.2, 0) is 0 Å². The van der Waals surface area contributed by atoms with Gasteiger partial charge in [-0.05, 0) is 88.4 Å². The van der Waals surface area contributed by atoms with Gasteiger partial charge >= 0.3 is 0 Å². The van der Waals surface area contributed by atoms with E-state index in [1.165, 1.54) is 55.2 Å². The highest BCUT2D eigenvalue weighted by Crippen LogP contribution is 2.28. The Morgan fingerprint density at radius 1 is 0.750 bits per heavy atom. The van der Waals surface area contributed by atoms with E-state index in [0.717, 1.165) is 0 Å². The fraction of sp³-hybridized carbons (Fsp3) is 0.474. The molecule has 1 aliphatic heterocycles. The first-order valence-corrected chi connectivity index (χ1v) is 7.39. The van der Waals surface area contributed by atoms with Gasteiger partial charge in [0.2, 0.25) is 0 Å². The molecule has 1 aromatic rings. The van der Waals surface area contributed by atoms with E-state index in [-0.39, 0.29) is 0 Å². The topological polar surface area (TPSA) is 3.24 Å². The SMILES string of the molecule is CC1=C(C)N(C)C(C)=c2c1c(C)c(C)c(C)c2=C(C)C. The van der Waals surface area contributed by atoms with E-state index in [2.05, 4.69) is 67.3 Å². The van der Waals surface area contributed by atoms with Crippen LogP contribution in [0.3, 0.4) is 0 Å².